The highest BCUT2D eigenvalue weighted by atomic mass is 35.5. The monoisotopic (exact) mass is 515 g/mol. The summed E-state index contributed by atoms with van der Waals surface area (Å²) in [6.45, 7) is 1.50. The van der Waals surface area contributed by atoms with Crippen LogP contribution in [-0.2, 0) is 14.6 Å². The average Bonchev–Trinajstić information content (AvgIpc) is 3.56. The third kappa shape index (κ3) is 5.25. The minimum atomic E-state index is -3.18. The molecular formula is C26H30ClN3O4S. The van der Waals surface area contributed by atoms with Crippen molar-refractivity contribution in [2.24, 2.45) is 5.92 Å². The van der Waals surface area contributed by atoms with Crippen molar-refractivity contribution >= 4 is 38.2 Å². The zero-order chi connectivity index (χ0) is 24.7. The number of nitrogens with one attached hydrogen (secondary N) is 1. The number of hydrogen-bond acceptors (Lipinski definition) is 5. The van der Waals surface area contributed by atoms with Gasteiger partial charge in [0.05, 0.1) is 30.2 Å². The predicted octanol–water partition coefficient (Wildman–Crippen LogP) is 4.47. The Kier molecular flexibility index (Phi) is 6.63. The van der Waals surface area contributed by atoms with Crippen LogP contribution in [0.1, 0.15) is 59.1 Å². The topological polar surface area (TPSA) is 90.3 Å². The highest BCUT2D eigenvalue weighted by Gasteiger charge is 2.32. The number of amides is 1. The second-order valence-electron chi connectivity index (χ2n) is 9.86. The first kappa shape index (κ1) is 24.3. The number of halogens is 1. The maximum Gasteiger partial charge on any atom is 0.270 e. The predicted molar refractivity (Wildman–Crippen MR) is 137 cm³/mol. The summed E-state index contributed by atoms with van der Waals surface area (Å²) in [5.41, 5.74) is 4.08. The van der Waals surface area contributed by atoms with E-state index in [-0.39, 0.29) is 17.6 Å². The van der Waals surface area contributed by atoms with E-state index in [0.717, 1.165) is 61.1 Å². The van der Waals surface area contributed by atoms with Crippen molar-refractivity contribution < 1.29 is 17.9 Å². The van der Waals surface area contributed by atoms with Crippen molar-refractivity contribution in [3.05, 3.63) is 58.2 Å². The van der Waals surface area contributed by atoms with Crippen molar-refractivity contribution in [2.45, 2.75) is 37.5 Å². The van der Waals surface area contributed by atoms with Crippen LogP contribution >= 0.6 is 11.6 Å². The second kappa shape index (κ2) is 9.56. The molecule has 7 nitrogen and oxygen atoms in total. The van der Waals surface area contributed by atoms with Crippen molar-refractivity contribution in [3.8, 4) is 5.69 Å². The Morgan fingerprint density at radius 3 is 2.51 bits per heavy atom. The molecule has 3 aromatic rings. The average molecular weight is 516 g/mol. The summed E-state index contributed by atoms with van der Waals surface area (Å²) in [5.74, 6) is 0.643. The van der Waals surface area contributed by atoms with Crippen LogP contribution in [0.3, 0.4) is 0 Å². The lowest BCUT2D eigenvalue weighted by Gasteiger charge is -2.28. The van der Waals surface area contributed by atoms with Crippen LogP contribution in [0.25, 0.3) is 16.6 Å². The standard InChI is InChI=1S/C26H30ClN3O4S/c1-28-26(31)25-23-11-21(17-5-6-17)22(18(15-35(2,32)33)4-3-16-13-34-14-16)12-24(23)29-30(25)20-9-7-19(27)8-10-20/h7-12,16-18H,3-6,13-15H2,1-2H3,(H,28,31). The Labute approximate surface area is 210 Å². The van der Waals surface area contributed by atoms with Crippen molar-refractivity contribution in [1.82, 2.24) is 15.1 Å². The Balaban J connectivity index is 1.65. The lowest BCUT2D eigenvalue weighted by molar-refractivity contribution is -0.0367. The van der Waals surface area contributed by atoms with Crippen LogP contribution in [0.2, 0.25) is 5.02 Å². The largest absolute Gasteiger partial charge is 0.381 e. The first-order valence-corrected chi connectivity index (χ1v) is 14.5. The maximum absolute atomic E-state index is 13.0. The minimum absolute atomic E-state index is 0.103. The number of nitrogens with zero attached hydrogens (tertiary/aromatic N) is 2. The van der Waals surface area contributed by atoms with E-state index in [2.05, 4.69) is 11.4 Å². The van der Waals surface area contributed by atoms with Gasteiger partial charge in [-0.1, -0.05) is 11.6 Å². The minimum Gasteiger partial charge on any atom is -0.381 e. The molecule has 0 spiro atoms. The number of rotatable bonds is 9. The van der Waals surface area contributed by atoms with E-state index >= 15 is 0 Å². The van der Waals surface area contributed by atoms with E-state index in [4.69, 9.17) is 21.4 Å². The summed E-state index contributed by atoms with van der Waals surface area (Å²) in [6, 6.07) is 11.3. The summed E-state index contributed by atoms with van der Waals surface area (Å²) in [5, 5.41) is 8.93. The molecule has 1 amide bonds. The Hall–Kier alpha value is -2.42. The molecule has 1 aromatic heterocycles. The molecule has 2 heterocycles. The van der Waals surface area contributed by atoms with Gasteiger partial charge in [-0.25, -0.2) is 13.1 Å². The molecule has 0 bridgehead atoms. The number of carbonyl (C=O) groups is 1. The molecule has 35 heavy (non-hydrogen) atoms. The molecule has 1 unspecified atom stereocenters. The highest BCUT2D eigenvalue weighted by Crippen LogP contribution is 2.46. The van der Waals surface area contributed by atoms with E-state index in [1.165, 1.54) is 6.26 Å². The Bertz CT molecular complexity index is 1360. The van der Waals surface area contributed by atoms with E-state index in [0.29, 0.717) is 28.1 Å². The number of hydrogen-bond donors (Lipinski definition) is 1. The Morgan fingerprint density at radius 1 is 1.23 bits per heavy atom. The molecule has 2 fully saturated rings. The third-order valence-corrected chi connectivity index (χ3v) is 8.24. The molecule has 5 rings (SSSR count). The fraction of sp³-hybridized carbons (Fsp3) is 0.462. The fourth-order valence-corrected chi connectivity index (χ4v) is 6.16. The zero-order valence-electron chi connectivity index (χ0n) is 20.0. The number of fused-ring (bicyclic) bond motifs is 1. The van der Waals surface area contributed by atoms with Gasteiger partial charge in [0.1, 0.15) is 15.5 Å². The van der Waals surface area contributed by atoms with Crippen LogP contribution in [0.15, 0.2) is 36.4 Å². The molecule has 2 aromatic carbocycles. The van der Waals surface area contributed by atoms with Crippen molar-refractivity contribution in [1.29, 1.82) is 0 Å². The number of ether oxygens (including phenoxy) is 1. The molecule has 9 heteroatoms. The molecule has 0 radical (unpaired) electrons. The molecule has 1 saturated carbocycles. The molecule has 1 N–H and O–H groups in total. The number of sulfone groups is 1. The van der Waals surface area contributed by atoms with Crippen LogP contribution in [0, 0.1) is 5.92 Å². The van der Waals surface area contributed by atoms with E-state index < -0.39 is 9.84 Å². The molecule has 2 aliphatic rings. The van der Waals surface area contributed by atoms with Crippen LogP contribution < -0.4 is 5.32 Å². The summed E-state index contributed by atoms with van der Waals surface area (Å²) in [7, 11) is -1.58. The fourth-order valence-electron chi connectivity index (χ4n) is 4.95. The van der Waals surface area contributed by atoms with Gasteiger partial charge in [0.15, 0.2) is 0 Å². The first-order chi connectivity index (χ1) is 16.7. The van der Waals surface area contributed by atoms with Crippen LogP contribution in [0.5, 0.6) is 0 Å². The molecule has 186 valence electrons. The lowest BCUT2D eigenvalue weighted by atomic mass is 9.86. The van der Waals surface area contributed by atoms with Gasteiger partial charge in [-0.3, -0.25) is 4.79 Å². The second-order valence-corrected chi connectivity index (χ2v) is 12.5. The number of aromatic nitrogens is 2. The molecule has 1 aliphatic carbocycles. The van der Waals surface area contributed by atoms with E-state index in [9.17, 15) is 13.2 Å². The smallest absolute Gasteiger partial charge is 0.270 e. The lowest BCUT2D eigenvalue weighted by Crippen LogP contribution is -2.28. The van der Waals surface area contributed by atoms with Gasteiger partial charge < -0.3 is 10.1 Å². The molecule has 1 saturated heterocycles. The summed E-state index contributed by atoms with van der Waals surface area (Å²) < 4.78 is 31.8. The van der Waals surface area contributed by atoms with Gasteiger partial charge in [-0.2, -0.15) is 5.10 Å². The van der Waals surface area contributed by atoms with Crippen LogP contribution in [-0.4, -0.2) is 56.4 Å². The van der Waals surface area contributed by atoms with E-state index in [1.807, 2.05) is 18.2 Å². The van der Waals surface area contributed by atoms with Gasteiger partial charge >= 0.3 is 0 Å². The van der Waals surface area contributed by atoms with Gasteiger partial charge in [-0.15, -0.1) is 0 Å². The quantitative estimate of drug-likeness (QED) is 0.454. The highest BCUT2D eigenvalue weighted by molar-refractivity contribution is 7.90. The number of carbonyl (C=O) groups excluding carboxylic acids is 1. The van der Waals surface area contributed by atoms with Crippen LogP contribution in [0.4, 0.5) is 0 Å². The molecule has 1 atom stereocenters. The van der Waals surface area contributed by atoms with Gasteiger partial charge in [0, 0.05) is 29.6 Å². The third-order valence-electron chi connectivity index (χ3n) is 6.98. The van der Waals surface area contributed by atoms with Gasteiger partial charge in [0.2, 0.25) is 0 Å². The molecular weight excluding hydrogens is 486 g/mol. The normalized spacial score (nSPS) is 17.3. The Morgan fingerprint density at radius 2 is 1.94 bits per heavy atom. The van der Waals surface area contributed by atoms with Gasteiger partial charge in [-0.05, 0) is 85.0 Å². The summed E-state index contributed by atoms with van der Waals surface area (Å²) in [4.78, 5) is 13.0. The zero-order valence-corrected chi connectivity index (χ0v) is 21.5. The molecule has 1 aliphatic heterocycles. The summed E-state index contributed by atoms with van der Waals surface area (Å²) >= 11 is 6.08. The number of benzene rings is 2. The summed E-state index contributed by atoms with van der Waals surface area (Å²) in [6.07, 6.45) is 5.17. The first-order valence-electron chi connectivity index (χ1n) is 12.0. The maximum atomic E-state index is 13.0. The SMILES string of the molecule is CNC(=O)c1c2cc(C3CC3)c(C(CCC3COC3)CS(C)(=O)=O)cc2nn1-c1ccc(Cl)cc1. The van der Waals surface area contributed by atoms with E-state index in [1.54, 1.807) is 23.9 Å². The van der Waals surface area contributed by atoms with Crippen molar-refractivity contribution in [2.75, 3.05) is 32.3 Å². The van der Waals surface area contributed by atoms with Crippen molar-refractivity contribution in [3.63, 3.8) is 0 Å². The van der Waals surface area contributed by atoms with Gasteiger partial charge in [0.25, 0.3) is 5.91 Å².